The Bertz CT molecular complexity index is 536. The molecule has 3 nitrogen and oxygen atoms in total. The maximum atomic E-state index is 13.3. The number of nitrogens with two attached hydrogens (primary N) is 1. The second-order valence-electron chi connectivity index (χ2n) is 5.18. The van der Waals surface area contributed by atoms with Crippen LogP contribution in [0.5, 0.6) is 0 Å². The zero-order valence-corrected chi connectivity index (χ0v) is 11.8. The summed E-state index contributed by atoms with van der Waals surface area (Å²) in [7, 11) is -3.21. The van der Waals surface area contributed by atoms with Crippen LogP contribution in [0.15, 0.2) is 18.2 Å². The third kappa shape index (κ3) is 3.54. The molecule has 0 amide bonds. The Morgan fingerprint density at radius 3 is 2.47 bits per heavy atom. The number of halogens is 1. The lowest BCUT2D eigenvalue weighted by Crippen LogP contribution is -2.26. The lowest BCUT2D eigenvalue weighted by molar-refractivity contribution is 0.483. The van der Waals surface area contributed by atoms with Crippen LogP contribution in [0.1, 0.15) is 43.2 Å². The van der Waals surface area contributed by atoms with Crippen molar-refractivity contribution in [1.82, 2.24) is 0 Å². The summed E-state index contributed by atoms with van der Waals surface area (Å²) in [6.07, 6.45) is 4.51. The van der Waals surface area contributed by atoms with Gasteiger partial charge in [0.25, 0.3) is 0 Å². The normalized spacial score (nSPS) is 17.6. The molecule has 106 valence electrons. The van der Waals surface area contributed by atoms with Gasteiger partial charge in [0, 0.05) is 6.54 Å². The fourth-order valence-electron chi connectivity index (χ4n) is 2.69. The summed E-state index contributed by atoms with van der Waals surface area (Å²) in [5.74, 6) is -0.506. The second-order valence-corrected chi connectivity index (χ2v) is 7.47. The van der Waals surface area contributed by atoms with Gasteiger partial charge >= 0.3 is 0 Å². The van der Waals surface area contributed by atoms with Crippen molar-refractivity contribution in [2.75, 3.05) is 0 Å². The van der Waals surface area contributed by atoms with Gasteiger partial charge in [-0.05, 0) is 36.1 Å². The first-order valence-corrected chi connectivity index (χ1v) is 8.43. The quantitative estimate of drug-likeness (QED) is 0.924. The molecule has 2 N–H and O–H groups in total. The van der Waals surface area contributed by atoms with Gasteiger partial charge in [-0.3, -0.25) is 0 Å². The summed E-state index contributed by atoms with van der Waals surface area (Å²) in [5, 5.41) is -0.268. The summed E-state index contributed by atoms with van der Waals surface area (Å²) in [4.78, 5) is 0. The van der Waals surface area contributed by atoms with Crippen LogP contribution in [0.2, 0.25) is 0 Å². The summed E-state index contributed by atoms with van der Waals surface area (Å²) >= 11 is 0. The van der Waals surface area contributed by atoms with E-state index in [4.69, 9.17) is 5.73 Å². The fourth-order valence-corrected chi connectivity index (χ4v) is 4.68. The van der Waals surface area contributed by atoms with Crippen LogP contribution in [-0.4, -0.2) is 13.7 Å². The molecular weight excluding hydrogens is 265 g/mol. The summed E-state index contributed by atoms with van der Waals surface area (Å²) in [5.41, 5.74) is 6.80. The Morgan fingerprint density at radius 1 is 1.16 bits per heavy atom. The molecule has 5 heteroatoms. The monoisotopic (exact) mass is 285 g/mol. The minimum atomic E-state index is -3.21. The van der Waals surface area contributed by atoms with Gasteiger partial charge in [-0.2, -0.15) is 0 Å². The average molecular weight is 285 g/mol. The highest BCUT2D eigenvalue weighted by Crippen LogP contribution is 2.27. The first-order chi connectivity index (χ1) is 9.03. The van der Waals surface area contributed by atoms with E-state index in [0.717, 1.165) is 32.1 Å². The molecule has 1 saturated carbocycles. The topological polar surface area (TPSA) is 60.2 Å². The van der Waals surface area contributed by atoms with Crippen molar-refractivity contribution in [3.8, 4) is 0 Å². The van der Waals surface area contributed by atoms with Crippen molar-refractivity contribution < 1.29 is 12.8 Å². The lowest BCUT2D eigenvalue weighted by atomic mass is 10.0. The SMILES string of the molecule is NCc1ccc(F)cc1CS(=O)(=O)C1CCCCC1. The number of benzene rings is 1. The standard InChI is InChI=1S/C14H20FNO2S/c15-13-7-6-11(9-16)12(8-13)10-19(17,18)14-4-2-1-3-5-14/h6-8,14H,1-5,9-10,16H2. The van der Waals surface area contributed by atoms with Crippen LogP contribution in [0.4, 0.5) is 4.39 Å². The third-order valence-corrected chi connectivity index (χ3v) is 6.01. The number of hydrogen-bond acceptors (Lipinski definition) is 3. The van der Waals surface area contributed by atoms with Crippen molar-refractivity contribution in [1.29, 1.82) is 0 Å². The Kier molecular flexibility index (Phi) is 4.58. The zero-order valence-electron chi connectivity index (χ0n) is 10.9. The molecule has 1 fully saturated rings. The zero-order chi connectivity index (χ0) is 13.9. The highest BCUT2D eigenvalue weighted by Gasteiger charge is 2.28. The molecule has 0 unspecified atom stereocenters. The Morgan fingerprint density at radius 2 is 1.84 bits per heavy atom. The van der Waals surface area contributed by atoms with Crippen molar-refractivity contribution >= 4 is 9.84 Å². The molecule has 0 aliphatic heterocycles. The predicted octanol–water partition coefficient (Wildman–Crippen LogP) is 2.53. The molecule has 1 aromatic carbocycles. The van der Waals surface area contributed by atoms with E-state index in [1.165, 1.54) is 12.1 Å². The minimum Gasteiger partial charge on any atom is -0.326 e. The predicted molar refractivity (Wildman–Crippen MR) is 73.8 cm³/mol. The molecule has 0 heterocycles. The summed E-state index contributed by atoms with van der Waals surface area (Å²) in [6.45, 7) is 0.232. The van der Waals surface area contributed by atoms with E-state index < -0.39 is 15.7 Å². The molecular formula is C14H20FNO2S. The first-order valence-electron chi connectivity index (χ1n) is 6.72. The molecule has 19 heavy (non-hydrogen) atoms. The summed E-state index contributed by atoms with van der Waals surface area (Å²) in [6, 6.07) is 4.18. The average Bonchev–Trinajstić information content (AvgIpc) is 2.39. The molecule has 0 saturated heterocycles. The smallest absolute Gasteiger partial charge is 0.157 e. The van der Waals surface area contributed by atoms with Gasteiger partial charge in [-0.25, -0.2) is 12.8 Å². The first kappa shape index (κ1) is 14.5. The van der Waals surface area contributed by atoms with Gasteiger partial charge < -0.3 is 5.73 Å². The van der Waals surface area contributed by atoms with Gasteiger partial charge in [0.1, 0.15) is 5.82 Å². The van der Waals surface area contributed by atoms with Gasteiger partial charge in [0.15, 0.2) is 9.84 Å². The number of hydrogen-bond donors (Lipinski definition) is 1. The highest BCUT2D eigenvalue weighted by molar-refractivity contribution is 7.91. The fraction of sp³-hybridized carbons (Fsp3) is 0.571. The van der Waals surface area contributed by atoms with E-state index in [-0.39, 0.29) is 17.5 Å². The van der Waals surface area contributed by atoms with E-state index in [0.29, 0.717) is 11.1 Å². The van der Waals surface area contributed by atoms with Crippen LogP contribution < -0.4 is 5.73 Å². The van der Waals surface area contributed by atoms with Crippen molar-refractivity contribution in [3.63, 3.8) is 0 Å². The van der Waals surface area contributed by atoms with E-state index in [1.54, 1.807) is 6.07 Å². The molecule has 0 atom stereocenters. The summed E-state index contributed by atoms with van der Waals surface area (Å²) < 4.78 is 38.0. The van der Waals surface area contributed by atoms with Gasteiger partial charge in [-0.1, -0.05) is 25.3 Å². The molecule has 0 aromatic heterocycles. The van der Waals surface area contributed by atoms with Crippen LogP contribution in [0.3, 0.4) is 0 Å². The van der Waals surface area contributed by atoms with Crippen LogP contribution in [0, 0.1) is 5.82 Å². The van der Waals surface area contributed by atoms with E-state index >= 15 is 0 Å². The molecule has 0 bridgehead atoms. The number of sulfone groups is 1. The Balaban J connectivity index is 2.21. The van der Waals surface area contributed by atoms with Crippen LogP contribution >= 0.6 is 0 Å². The van der Waals surface area contributed by atoms with Gasteiger partial charge in [0.05, 0.1) is 11.0 Å². The van der Waals surface area contributed by atoms with E-state index in [2.05, 4.69) is 0 Å². The third-order valence-electron chi connectivity index (χ3n) is 3.80. The minimum absolute atomic E-state index is 0.0953. The number of rotatable bonds is 4. The molecule has 1 aliphatic rings. The van der Waals surface area contributed by atoms with Gasteiger partial charge in [0.2, 0.25) is 0 Å². The Labute approximate surface area is 113 Å². The maximum Gasteiger partial charge on any atom is 0.157 e. The lowest BCUT2D eigenvalue weighted by Gasteiger charge is -2.22. The van der Waals surface area contributed by atoms with Crippen molar-refractivity contribution in [2.45, 2.75) is 49.7 Å². The second kappa shape index (κ2) is 6.01. The maximum absolute atomic E-state index is 13.3. The van der Waals surface area contributed by atoms with E-state index in [9.17, 15) is 12.8 Å². The Hall–Kier alpha value is -0.940. The van der Waals surface area contributed by atoms with E-state index in [1.807, 2.05) is 0 Å². The molecule has 0 radical (unpaired) electrons. The largest absolute Gasteiger partial charge is 0.326 e. The van der Waals surface area contributed by atoms with Crippen LogP contribution in [0.25, 0.3) is 0 Å². The van der Waals surface area contributed by atoms with Gasteiger partial charge in [-0.15, -0.1) is 0 Å². The highest BCUT2D eigenvalue weighted by atomic mass is 32.2. The molecule has 0 spiro atoms. The molecule has 1 aliphatic carbocycles. The molecule has 1 aromatic rings. The molecule has 2 rings (SSSR count). The van der Waals surface area contributed by atoms with Crippen molar-refractivity contribution in [2.24, 2.45) is 5.73 Å². The van der Waals surface area contributed by atoms with Crippen molar-refractivity contribution in [3.05, 3.63) is 35.1 Å². The van der Waals surface area contributed by atoms with Crippen LogP contribution in [-0.2, 0) is 22.1 Å².